The van der Waals surface area contributed by atoms with E-state index in [0.717, 1.165) is 18.4 Å². The number of aryl methyl sites for hydroxylation is 1. The van der Waals surface area contributed by atoms with Gasteiger partial charge in [-0.15, -0.1) is 0 Å². The Balaban J connectivity index is 2.31. The summed E-state index contributed by atoms with van der Waals surface area (Å²) in [6, 6.07) is 5.22. The molecule has 0 aliphatic heterocycles. The lowest BCUT2D eigenvalue weighted by Crippen LogP contribution is -2.27. The number of hydrogen-bond acceptors (Lipinski definition) is 3. The summed E-state index contributed by atoms with van der Waals surface area (Å²) in [5, 5.41) is 0. The van der Waals surface area contributed by atoms with Crippen LogP contribution in [0.3, 0.4) is 0 Å². The van der Waals surface area contributed by atoms with Crippen LogP contribution in [0.2, 0.25) is 0 Å². The monoisotopic (exact) mass is 240 g/mol. The predicted octanol–water partition coefficient (Wildman–Crippen LogP) is 1.87. The Morgan fingerprint density at radius 3 is 2.56 bits per heavy atom. The normalized spacial score (nSPS) is 18.1. The molecule has 0 unspecified atom stereocenters. The van der Waals surface area contributed by atoms with Crippen LogP contribution in [0.25, 0.3) is 0 Å². The van der Waals surface area contributed by atoms with Crippen LogP contribution in [0, 0.1) is 6.92 Å². The number of rotatable bonds is 3. The van der Waals surface area contributed by atoms with Crippen LogP contribution in [0.4, 0.5) is 11.4 Å². The molecule has 0 spiro atoms. The van der Waals surface area contributed by atoms with Crippen molar-refractivity contribution < 1.29 is 8.42 Å². The first-order valence-corrected chi connectivity index (χ1v) is 6.71. The standard InChI is InChI=1S/C11H16N2O2S/c1-8-3-4-9(12)7-10(8)13-16(14,15)11(2)5-6-11/h3-4,7,13H,5-6,12H2,1-2H3. The van der Waals surface area contributed by atoms with E-state index in [4.69, 9.17) is 5.73 Å². The van der Waals surface area contributed by atoms with Crippen molar-refractivity contribution >= 4 is 21.4 Å². The lowest BCUT2D eigenvalue weighted by Gasteiger charge is -2.15. The molecule has 3 N–H and O–H groups in total. The third-order valence-corrected chi connectivity index (χ3v) is 5.30. The van der Waals surface area contributed by atoms with Gasteiger partial charge in [-0.2, -0.15) is 0 Å². The summed E-state index contributed by atoms with van der Waals surface area (Å²) in [6.45, 7) is 3.61. The van der Waals surface area contributed by atoms with Crippen molar-refractivity contribution in [1.82, 2.24) is 0 Å². The van der Waals surface area contributed by atoms with Gasteiger partial charge in [0, 0.05) is 5.69 Å². The van der Waals surface area contributed by atoms with Crippen molar-refractivity contribution in [1.29, 1.82) is 0 Å². The molecule has 0 heterocycles. The topological polar surface area (TPSA) is 72.2 Å². The minimum atomic E-state index is -3.28. The highest BCUT2D eigenvalue weighted by Crippen LogP contribution is 2.43. The number of hydrogen-bond donors (Lipinski definition) is 2. The number of sulfonamides is 1. The average molecular weight is 240 g/mol. The zero-order valence-electron chi connectivity index (χ0n) is 9.45. The number of nitrogens with one attached hydrogen (secondary N) is 1. The molecule has 16 heavy (non-hydrogen) atoms. The molecule has 0 bridgehead atoms. The smallest absolute Gasteiger partial charge is 0.238 e. The van der Waals surface area contributed by atoms with E-state index >= 15 is 0 Å². The quantitative estimate of drug-likeness (QED) is 0.792. The van der Waals surface area contributed by atoms with E-state index in [-0.39, 0.29) is 0 Å². The van der Waals surface area contributed by atoms with Gasteiger partial charge in [0.25, 0.3) is 0 Å². The van der Waals surface area contributed by atoms with Gasteiger partial charge in [-0.05, 0) is 44.4 Å². The molecule has 0 saturated heterocycles. The number of benzene rings is 1. The van der Waals surface area contributed by atoms with Gasteiger partial charge >= 0.3 is 0 Å². The predicted molar refractivity (Wildman–Crippen MR) is 65.8 cm³/mol. The van der Waals surface area contributed by atoms with Gasteiger partial charge in [0.15, 0.2) is 0 Å². The lowest BCUT2D eigenvalue weighted by molar-refractivity contribution is 0.587. The highest BCUT2D eigenvalue weighted by Gasteiger charge is 2.50. The van der Waals surface area contributed by atoms with Gasteiger partial charge < -0.3 is 5.73 Å². The third kappa shape index (κ3) is 1.87. The van der Waals surface area contributed by atoms with Crippen LogP contribution in [-0.2, 0) is 10.0 Å². The Hall–Kier alpha value is -1.23. The maximum atomic E-state index is 12.0. The van der Waals surface area contributed by atoms with E-state index in [0.29, 0.717) is 11.4 Å². The Bertz CT molecular complexity index is 519. The van der Waals surface area contributed by atoms with Gasteiger partial charge in [0.2, 0.25) is 10.0 Å². The van der Waals surface area contributed by atoms with Crippen LogP contribution in [-0.4, -0.2) is 13.2 Å². The van der Waals surface area contributed by atoms with Crippen LogP contribution in [0.1, 0.15) is 25.3 Å². The van der Waals surface area contributed by atoms with Gasteiger partial charge in [0.1, 0.15) is 0 Å². The van der Waals surface area contributed by atoms with E-state index in [9.17, 15) is 8.42 Å². The Morgan fingerprint density at radius 2 is 2.00 bits per heavy atom. The highest BCUT2D eigenvalue weighted by molar-refractivity contribution is 7.94. The van der Waals surface area contributed by atoms with Crippen LogP contribution in [0.5, 0.6) is 0 Å². The van der Waals surface area contributed by atoms with Gasteiger partial charge in [-0.3, -0.25) is 4.72 Å². The van der Waals surface area contributed by atoms with Crippen molar-refractivity contribution in [3.8, 4) is 0 Å². The number of nitrogen functional groups attached to an aromatic ring is 1. The first-order chi connectivity index (χ1) is 7.34. The van der Waals surface area contributed by atoms with E-state index < -0.39 is 14.8 Å². The summed E-state index contributed by atoms with van der Waals surface area (Å²) in [5.41, 5.74) is 7.65. The molecule has 0 radical (unpaired) electrons. The summed E-state index contributed by atoms with van der Waals surface area (Å²) in [4.78, 5) is 0. The molecule has 1 aromatic rings. The first kappa shape index (κ1) is 11.3. The maximum absolute atomic E-state index is 12.0. The van der Waals surface area contributed by atoms with Crippen molar-refractivity contribution in [2.75, 3.05) is 10.5 Å². The molecular weight excluding hydrogens is 224 g/mol. The second kappa shape index (κ2) is 3.38. The summed E-state index contributed by atoms with van der Waals surface area (Å²) in [6.07, 6.45) is 1.45. The van der Waals surface area contributed by atoms with E-state index in [1.807, 2.05) is 13.0 Å². The summed E-state index contributed by atoms with van der Waals surface area (Å²) in [7, 11) is -3.28. The maximum Gasteiger partial charge on any atom is 0.238 e. The molecule has 1 saturated carbocycles. The number of anilines is 2. The Labute approximate surface area is 95.9 Å². The Kier molecular flexibility index (Phi) is 2.38. The fraction of sp³-hybridized carbons (Fsp3) is 0.455. The SMILES string of the molecule is Cc1ccc(N)cc1NS(=O)(=O)C1(C)CC1. The molecule has 0 aromatic heterocycles. The largest absolute Gasteiger partial charge is 0.399 e. The van der Waals surface area contributed by atoms with Crippen LogP contribution < -0.4 is 10.5 Å². The Morgan fingerprint density at radius 1 is 1.38 bits per heavy atom. The lowest BCUT2D eigenvalue weighted by atomic mass is 10.2. The minimum Gasteiger partial charge on any atom is -0.399 e. The molecule has 1 aliphatic rings. The van der Waals surface area contributed by atoms with Crippen molar-refractivity contribution in [3.05, 3.63) is 23.8 Å². The molecular formula is C11H16N2O2S. The second-order valence-electron chi connectivity index (χ2n) is 4.63. The molecule has 4 nitrogen and oxygen atoms in total. The van der Waals surface area contributed by atoms with Crippen molar-refractivity contribution in [2.24, 2.45) is 0 Å². The van der Waals surface area contributed by atoms with E-state index in [1.54, 1.807) is 19.1 Å². The number of nitrogens with two attached hydrogens (primary N) is 1. The summed E-state index contributed by atoms with van der Waals surface area (Å²) in [5.74, 6) is 0. The molecule has 1 aliphatic carbocycles. The highest BCUT2D eigenvalue weighted by atomic mass is 32.2. The van der Waals surface area contributed by atoms with Gasteiger partial charge in [0.05, 0.1) is 10.4 Å². The fourth-order valence-electron chi connectivity index (χ4n) is 1.46. The van der Waals surface area contributed by atoms with E-state index in [2.05, 4.69) is 4.72 Å². The fourth-order valence-corrected chi connectivity index (χ4v) is 2.86. The second-order valence-corrected chi connectivity index (χ2v) is 6.83. The zero-order valence-corrected chi connectivity index (χ0v) is 10.3. The molecule has 1 aromatic carbocycles. The van der Waals surface area contributed by atoms with E-state index in [1.165, 1.54) is 0 Å². The third-order valence-electron chi connectivity index (χ3n) is 3.11. The minimum absolute atomic E-state index is 0.559. The zero-order chi connectivity index (χ0) is 12.0. The summed E-state index contributed by atoms with van der Waals surface area (Å²) < 4.78 is 26.0. The van der Waals surface area contributed by atoms with Crippen molar-refractivity contribution in [3.63, 3.8) is 0 Å². The molecule has 2 rings (SSSR count). The summed E-state index contributed by atoms with van der Waals surface area (Å²) >= 11 is 0. The first-order valence-electron chi connectivity index (χ1n) is 5.23. The average Bonchev–Trinajstić information content (AvgIpc) is 2.91. The molecule has 0 atom stereocenters. The molecule has 0 amide bonds. The van der Waals surface area contributed by atoms with Crippen molar-refractivity contribution in [2.45, 2.75) is 31.4 Å². The van der Waals surface area contributed by atoms with Crippen LogP contribution >= 0.6 is 0 Å². The molecule has 5 heteroatoms. The molecule has 88 valence electrons. The van der Waals surface area contributed by atoms with Gasteiger partial charge in [-0.1, -0.05) is 6.07 Å². The van der Waals surface area contributed by atoms with Gasteiger partial charge in [-0.25, -0.2) is 8.42 Å². The molecule has 1 fully saturated rings. The van der Waals surface area contributed by atoms with Crippen LogP contribution in [0.15, 0.2) is 18.2 Å².